The highest BCUT2D eigenvalue weighted by Gasteiger charge is 2.30. The van der Waals surface area contributed by atoms with Gasteiger partial charge in [0.05, 0.1) is 17.0 Å². The van der Waals surface area contributed by atoms with Crippen LogP contribution in [0.15, 0.2) is 10.6 Å². The van der Waals surface area contributed by atoms with Crippen molar-refractivity contribution < 1.29 is 19.2 Å². The summed E-state index contributed by atoms with van der Waals surface area (Å²) in [7, 11) is 0. The van der Waals surface area contributed by atoms with Crippen LogP contribution in [0.3, 0.4) is 0 Å². The maximum absolute atomic E-state index is 12.6. The minimum Gasteiger partial charge on any atom is -0.395 e. The number of anilines is 1. The third-order valence-electron chi connectivity index (χ3n) is 4.71. The lowest BCUT2D eigenvalue weighted by Gasteiger charge is -2.25. The molecule has 0 bridgehead atoms. The van der Waals surface area contributed by atoms with E-state index in [0.29, 0.717) is 17.5 Å². The quantitative estimate of drug-likeness (QED) is 0.731. The number of nitrogens with one attached hydrogen (secondary N) is 1. The molecule has 6 nitrogen and oxygen atoms in total. The second-order valence-electron chi connectivity index (χ2n) is 7.78. The van der Waals surface area contributed by atoms with Crippen LogP contribution in [-0.2, 0) is 14.9 Å². The number of rotatable bonds is 8. The number of aliphatic hydroxyl groups excluding tert-OH is 1. The normalized spacial score (nSPS) is 16.8. The van der Waals surface area contributed by atoms with Crippen molar-refractivity contribution in [1.82, 2.24) is 5.16 Å². The molecule has 1 aromatic heterocycles. The van der Waals surface area contributed by atoms with Crippen molar-refractivity contribution in [1.29, 1.82) is 0 Å². The summed E-state index contributed by atoms with van der Waals surface area (Å²) in [5.41, 5.74) is 0.121. The first-order chi connectivity index (χ1) is 11.7. The van der Waals surface area contributed by atoms with Gasteiger partial charge in [-0.3, -0.25) is 10.1 Å². The number of carbonyl (C=O) groups is 1. The van der Waals surface area contributed by atoms with Gasteiger partial charge in [0.25, 0.3) is 0 Å². The molecule has 7 heteroatoms. The SMILES string of the molecule is CC(C)(SCCC1CCOCC1)C(=O)Nc1cc(C(C)(C)CO)no1. The van der Waals surface area contributed by atoms with Crippen LogP contribution >= 0.6 is 11.8 Å². The molecule has 142 valence electrons. The molecule has 0 saturated carbocycles. The monoisotopic (exact) mass is 370 g/mol. The molecule has 0 atom stereocenters. The van der Waals surface area contributed by atoms with Gasteiger partial charge in [0.2, 0.25) is 11.8 Å². The molecular weight excluding hydrogens is 340 g/mol. The Labute approximate surface area is 154 Å². The number of nitrogens with zero attached hydrogens (tertiary/aromatic N) is 1. The van der Waals surface area contributed by atoms with E-state index in [0.717, 1.165) is 38.2 Å². The lowest BCUT2D eigenvalue weighted by Crippen LogP contribution is -2.34. The van der Waals surface area contributed by atoms with Crippen LogP contribution in [0.25, 0.3) is 0 Å². The zero-order valence-corrected chi connectivity index (χ0v) is 16.4. The predicted octanol–water partition coefficient (Wildman–Crippen LogP) is 3.21. The Morgan fingerprint density at radius 3 is 2.68 bits per heavy atom. The average molecular weight is 371 g/mol. The van der Waals surface area contributed by atoms with Gasteiger partial charge in [-0.15, -0.1) is 11.8 Å². The number of amides is 1. The first kappa shape index (κ1) is 20.3. The second-order valence-corrected chi connectivity index (χ2v) is 9.49. The first-order valence-corrected chi connectivity index (χ1v) is 9.84. The topological polar surface area (TPSA) is 84.6 Å². The van der Waals surface area contributed by atoms with Crippen molar-refractivity contribution in [2.75, 3.05) is 30.9 Å². The van der Waals surface area contributed by atoms with Crippen LogP contribution in [0, 0.1) is 5.92 Å². The first-order valence-electron chi connectivity index (χ1n) is 8.86. The van der Waals surface area contributed by atoms with Crippen LogP contribution < -0.4 is 5.32 Å². The molecule has 25 heavy (non-hydrogen) atoms. The van der Waals surface area contributed by atoms with Crippen molar-refractivity contribution in [3.8, 4) is 0 Å². The summed E-state index contributed by atoms with van der Waals surface area (Å²) in [6, 6.07) is 1.68. The fourth-order valence-corrected chi connectivity index (χ4v) is 3.72. The molecule has 0 spiro atoms. The van der Waals surface area contributed by atoms with Crippen molar-refractivity contribution in [3.05, 3.63) is 11.8 Å². The summed E-state index contributed by atoms with van der Waals surface area (Å²) in [4.78, 5) is 12.6. The fraction of sp³-hybridized carbons (Fsp3) is 0.778. The number of hydrogen-bond acceptors (Lipinski definition) is 6. The Hall–Kier alpha value is -1.05. The van der Waals surface area contributed by atoms with E-state index in [1.54, 1.807) is 17.8 Å². The van der Waals surface area contributed by atoms with Gasteiger partial charge in [-0.2, -0.15) is 0 Å². The zero-order valence-electron chi connectivity index (χ0n) is 15.6. The summed E-state index contributed by atoms with van der Waals surface area (Å²) < 4.78 is 10.0. The second kappa shape index (κ2) is 8.56. The minimum absolute atomic E-state index is 0.0412. The van der Waals surface area contributed by atoms with Gasteiger partial charge in [0.15, 0.2) is 0 Å². The van der Waals surface area contributed by atoms with E-state index in [-0.39, 0.29) is 12.5 Å². The molecular formula is C18H30N2O4S. The number of aliphatic hydroxyl groups is 1. The molecule has 2 rings (SSSR count). The number of ether oxygens (including phenoxy) is 1. The summed E-state index contributed by atoms with van der Waals surface area (Å²) in [5, 5.41) is 16.1. The van der Waals surface area contributed by atoms with E-state index in [9.17, 15) is 9.90 Å². The molecule has 1 aromatic rings. The molecule has 0 radical (unpaired) electrons. The zero-order chi connectivity index (χ0) is 18.5. The molecule has 0 aromatic carbocycles. The molecule has 0 unspecified atom stereocenters. The molecule has 1 aliphatic rings. The summed E-state index contributed by atoms with van der Waals surface area (Å²) in [6.07, 6.45) is 3.35. The molecule has 2 N–H and O–H groups in total. The lowest BCUT2D eigenvalue weighted by molar-refractivity contribution is -0.117. The third-order valence-corrected chi connectivity index (χ3v) is 6.06. The van der Waals surface area contributed by atoms with Crippen molar-refractivity contribution >= 4 is 23.6 Å². The fourth-order valence-electron chi connectivity index (χ4n) is 2.58. The predicted molar refractivity (Wildman–Crippen MR) is 99.9 cm³/mol. The van der Waals surface area contributed by atoms with Gasteiger partial charge < -0.3 is 14.4 Å². The molecule has 0 aliphatic carbocycles. The van der Waals surface area contributed by atoms with E-state index in [1.165, 1.54) is 0 Å². The van der Waals surface area contributed by atoms with E-state index in [4.69, 9.17) is 9.26 Å². The number of aromatic nitrogens is 1. The smallest absolute Gasteiger partial charge is 0.242 e. The Morgan fingerprint density at radius 1 is 1.36 bits per heavy atom. The van der Waals surface area contributed by atoms with Crippen LogP contribution in [0.2, 0.25) is 0 Å². The maximum Gasteiger partial charge on any atom is 0.242 e. The average Bonchev–Trinajstić information content (AvgIpc) is 3.05. The van der Waals surface area contributed by atoms with E-state index in [1.807, 2.05) is 27.7 Å². The van der Waals surface area contributed by atoms with Crippen molar-refractivity contribution in [2.24, 2.45) is 5.92 Å². The Balaban J connectivity index is 1.83. The summed E-state index contributed by atoms with van der Waals surface area (Å²) in [5.74, 6) is 1.87. The standard InChI is InChI=1S/C18H30N2O4S/c1-17(2,12-21)14-11-15(24-20-14)19-16(22)18(3,4)25-10-7-13-5-8-23-9-6-13/h11,13,21H,5-10,12H2,1-4H3,(H,19,22). The Morgan fingerprint density at radius 2 is 2.04 bits per heavy atom. The largest absolute Gasteiger partial charge is 0.395 e. The molecule has 1 aliphatic heterocycles. The van der Waals surface area contributed by atoms with Crippen molar-refractivity contribution in [2.45, 2.75) is 57.1 Å². The van der Waals surface area contributed by atoms with E-state index < -0.39 is 10.2 Å². The van der Waals surface area contributed by atoms with Crippen LogP contribution in [0.4, 0.5) is 5.88 Å². The lowest BCUT2D eigenvalue weighted by atomic mass is 9.91. The number of hydrogen-bond donors (Lipinski definition) is 2. The molecule has 1 saturated heterocycles. The van der Waals surface area contributed by atoms with E-state index in [2.05, 4.69) is 10.5 Å². The summed E-state index contributed by atoms with van der Waals surface area (Å²) in [6.45, 7) is 9.26. The van der Waals surface area contributed by atoms with Crippen LogP contribution in [0.5, 0.6) is 0 Å². The van der Waals surface area contributed by atoms with Gasteiger partial charge >= 0.3 is 0 Å². The third kappa shape index (κ3) is 5.72. The van der Waals surface area contributed by atoms with Crippen LogP contribution in [-0.4, -0.2) is 46.5 Å². The van der Waals surface area contributed by atoms with Gasteiger partial charge in [0.1, 0.15) is 0 Å². The van der Waals surface area contributed by atoms with Gasteiger partial charge in [0, 0.05) is 24.7 Å². The number of thioether (sulfide) groups is 1. The minimum atomic E-state index is -0.551. The highest BCUT2D eigenvalue weighted by Crippen LogP contribution is 2.30. The Bertz CT molecular complexity index is 565. The van der Waals surface area contributed by atoms with E-state index >= 15 is 0 Å². The Kier molecular flexibility index (Phi) is 6.93. The molecule has 1 fully saturated rings. The van der Waals surface area contributed by atoms with Gasteiger partial charge in [-0.05, 0) is 44.8 Å². The summed E-state index contributed by atoms with van der Waals surface area (Å²) >= 11 is 1.66. The maximum atomic E-state index is 12.6. The van der Waals surface area contributed by atoms with Crippen LogP contribution in [0.1, 0.15) is 52.7 Å². The van der Waals surface area contributed by atoms with Gasteiger partial charge in [-0.1, -0.05) is 19.0 Å². The highest BCUT2D eigenvalue weighted by atomic mass is 32.2. The number of carbonyl (C=O) groups excluding carboxylic acids is 1. The van der Waals surface area contributed by atoms with Crippen molar-refractivity contribution in [3.63, 3.8) is 0 Å². The molecule has 1 amide bonds. The highest BCUT2D eigenvalue weighted by molar-refractivity contribution is 8.01. The van der Waals surface area contributed by atoms with Gasteiger partial charge in [-0.25, -0.2) is 0 Å². The molecule has 2 heterocycles.